The molecule has 0 aromatic carbocycles. The maximum absolute atomic E-state index is 12.7. The van der Waals surface area contributed by atoms with Gasteiger partial charge in [-0.25, -0.2) is 4.52 Å². The first-order chi connectivity index (χ1) is 13.1. The van der Waals surface area contributed by atoms with E-state index in [0.29, 0.717) is 30.9 Å². The molecule has 2 aromatic rings. The van der Waals surface area contributed by atoms with Gasteiger partial charge in [0, 0.05) is 19.3 Å². The maximum atomic E-state index is 12.7. The Kier molecular flexibility index (Phi) is 5.23. The Morgan fingerprint density at radius 1 is 1.33 bits per heavy atom. The molecule has 3 aliphatic carbocycles. The molecule has 0 unspecified atom stereocenters. The van der Waals surface area contributed by atoms with Gasteiger partial charge in [-0.2, -0.15) is 4.98 Å². The number of carbonyl (C=O) groups is 1. The van der Waals surface area contributed by atoms with Crippen LogP contribution in [0.1, 0.15) is 38.2 Å². The molecular weight excluding hydrogens is 368 g/mol. The fraction of sp³-hybridized carbons (Fsp3) is 0.632. The fourth-order valence-corrected chi connectivity index (χ4v) is 4.94. The number of esters is 1. The number of anilines is 1. The topological polar surface area (TPSA) is 77.8 Å². The van der Waals surface area contributed by atoms with E-state index < -0.39 is 0 Å². The third-order valence-corrected chi connectivity index (χ3v) is 6.05. The molecule has 7 nitrogen and oxygen atoms in total. The Labute approximate surface area is 163 Å². The highest BCUT2D eigenvalue weighted by Gasteiger charge is 2.48. The summed E-state index contributed by atoms with van der Waals surface area (Å²) in [6.07, 6.45) is 6.32. The number of nitrogens with one attached hydrogen (secondary N) is 1. The van der Waals surface area contributed by atoms with E-state index in [-0.39, 0.29) is 23.2 Å². The first-order valence-corrected chi connectivity index (χ1v) is 9.95. The summed E-state index contributed by atoms with van der Waals surface area (Å²) < 4.78 is 12.3. The van der Waals surface area contributed by atoms with Crippen molar-refractivity contribution >= 4 is 28.9 Å². The van der Waals surface area contributed by atoms with Crippen LogP contribution in [0.25, 0.3) is 5.52 Å². The third kappa shape index (κ3) is 3.50. The number of methoxy groups -OCH3 is 1. The Morgan fingerprint density at radius 2 is 2.07 bits per heavy atom. The second kappa shape index (κ2) is 7.64. The quantitative estimate of drug-likeness (QED) is 0.760. The summed E-state index contributed by atoms with van der Waals surface area (Å²) in [7, 11) is 1.66. The van der Waals surface area contributed by atoms with Crippen molar-refractivity contribution in [3.8, 4) is 0 Å². The zero-order chi connectivity index (χ0) is 19.0. The number of aromatic nitrogens is 3. The lowest BCUT2D eigenvalue weighted by atomic mass is 9.61. The van der Waals surface area contributed by atoms with Crippen molar-refractivity contribution < 1.29 is 14.3 Å². The highest BCUT2D eigenvalue weighted by atomic mass is 35.5. The lowest BCUT2D eigenvalue weighted by molar-refractivity contribution is -0.154. The molecule has 2 aromatic heterocycles. The number of carbonyl (C=O) groups excluding carboxylic acids is 1. The smallest absolute Gasteiger partial charge is 0.311 e. The van der Waals surface area contributed by atoms with Crippen LogP contribution in [0.3, 0.4) is 0 Å². The first-order valence-electron chi connectivity index (χ1n) is 9.57. The van der Waals surface area contributed by atoms with E-state index in [4.69, 9.17) is 21.1 Å². The number of fused-ring (bicyclic) bond motifs is 4. The molecule has 2 heterocycles. The van der Waals surface area contributed by atoms with E-state index in [2.05, 4.69) is 15.4 Å². The highest BCUT2D eigenvalue weighted by molar-refractivity contribution is 6.28. The number of hydrogen-bond donors (Lipinski definition) is 1. The van der Waals surface area contributed by atoms with Crippen LogP contribution in [0, 0.1) is 17.8 Å². The van der Waals surface area contributed by atoms with Crippen molar-refractivity contribution in [1.29, 1.82) is 0 Å². The lowest BCUT2D eigenvalue weighted by Gasteiger charge is -2.47. The summed E-state index contributed by atoms with van der Waals surface area (Å²) in [4.78, 5) is 17.1. The summed E-state index contributed by atoms with van der Waals surface area (Å²) in [5.74, 6) is 1.22. The second-order valence-corrected chi connectivity index (χ2v) is 7.80. The summed E-state index contributed by atoms with van der Waals surface area (Å²) in [5, 5.41) is 7.96. The van der Waals surface area contributed by atoms with E-state index >= 15 is 0 Å². The second-order valence-electron chi connectivity index (χ2n) is 7.46. The number of halogens is 1. The normalized spacial score (nSPS) is 27.1. The molecule has 0 saturated heterocycles. The molecule has 0 amide bonds. The minimum Gasteiger partial charge on any atom is -0.466 e. The molecule has 3 fully saturated rings. The number of nitrogens with zero attached hydrogens (tertiary/aromatic N) is 3. The van der Waals surface area contributed by atoms with Gasteiger partial charge in [0.05, 0.1) is 19.1 Å². The fourth-order valence-electron chi connectivity index (χ4n) is 4.77. The predicted molar refractivity (Wildman–Crippen MR) is 102 cm³/mol. The predicted octanol–water partition coefficient (Wildman–Crippen LogP) is 3.31. The van der Waals surface area contributed by atoms with Gasteiger partial charge in [-0.3, -0.25) is 4.79 Å². The molecule has 2 bridgehead atoms. The molecule has 27 heavy (non-hydrogen) atoms. The zero-order valence-electron chi connectivity index (χ0n) is 15.7. The summed E-state index contributed by atoms with van der Waals surface area (Å²) in [6, 6.07) is 2.00. The molecule has 0 spiro atoms. The van der Waals surface area contributed by atoms with Crippen LogP contribution < -0.4 is 5.32 Å². The van der Waals surface area contributed by atoms with Crippen molar-refractivity contribution in [3.05, 3.63) is 23.1 Å². The van der Waals surface area contributed by atoms with Crippen LogP contribution in [0.15, 0.2) is 12.3 Å². The van der Waals surface area contributed by atoms with Gasteiger partial charge in [-0.15, -0.1) is 5.10 Å². The Hall–Kier alpha value is -1.86. The van der Waals surface area contributed by atoms with Gasteiger partial charge in [-0.05, 0) is 67.7 Å². The van der Waals surface area contributed by atoms with Crippen molar-refractivity contribution in [1.82, 2.24) is 14.6 Å². The van der Waals surface area contributed by atoms with Gasteiger partial charge >= 0.3 is 5.97 Å². The average molecular weight is 393 g/mol. The maximum Gasteiger partial charge on any atom is 0.311 e. The van der Waals surface area contributed by atoms with Crippen LogP contribution in [0.2, 0.25) is 5.28 Å². The molecule has 3 saturated carbocycles. The van der Waals surface area contributed by atoms with Crippen LogP contribution in [-0.2, 0) is 20.9 Å². The molecular formula is C19H25ClN4O3. The minimum atomic E-state index is -0.139. The average Bonchev–Trinajstić information content (AvgIpc) is 3.05. The number of rotatable bonds is 6. The minimum absolute atomic E-state index is 0.00657. The summed E-state index contributed by atoms with van der Waals surface area (Å²) in [6.45, 7) is 2.75. The molecule has 3 aliphatic rings. The highest BCUT2D eigenvalue weighted by Crippen LogP contribution is 2.47. The zero-order valence-corrected chi connectivity index (χ0v) is 16.4. The van der Waals surface area contributed by atoms with Gasteiger partial charge in [0.1, 0.15) is 5.52 Å². The van der Waals surface area contributed by atoms with Crippen molar-refractivity contribution in [2.75, 3.05) is 19.0 Å². The molecule has 5 rings (SSSR count). The lowest BCUT2D eigenvalue weighted by Crippen LogP contribution is -2.52. The Bertz CT molecular complexity index is 832. The largest absolute Gasteiger partial charge is 0.466 e. The number of hydrogen-bond acceptors (Lipinski definition) is 6. The van der Waals surface area contributed by atoms with Crippen LogP contribution in [-0.4, -0.2) is 40.3 Å². The van der Waals surface area contributed by atoms with E-state index in [0.717, 1.165) is 36.8 Å². The van der Waals surface area contributed by atoms with Gasteiger partial charge in [0.25, 0.3) is 0 Å². The van der Waals surface area contributed by atoms with Crippen molar-refractivity contribution in [2.45, 2.75) is 45.3 Å². The van der Waals surface area contributed by atoms with Gasteiger partial charge < -0.3 is 14.8 Å². The monoisotopic (exact) mass is 392 g/mol. The van der Waals surface area contributed by atoms with Crippen LogP contribution >= 0.6 is 11.6 Å². The summed E-state index contributed by atoms with van der Waals surface area (Å²) >= 11 is 6.15. The van der Waals surface area contributed by atoms with Crippen molar-refractivity contribution in [2.24, 2.45) is 17.8 Å². The third-order valence-electron chi connectivity index (χ3n) is 5.89. The van der Waals surface area contributed by atoms with E-state index in [1.807, 2.05) is 19.2 Å². The molecule has 8 heteroatoms. The van der Waals surface area contributed by atoms with Gasteiger partial charge in [0.2, 0.25) is 5.28 Å². The van der Waals surface area contributed by atoms with Crippen LogP contribution in [0.4, 0.5) is 5.82 Å². The van der Waals surface area contributed by atoms with E-state index in [9.17, 15) is 4.79 Å². The van der Waals surface area contributed by atoms with Crippen LogP contribution in [0.5, 0.6) is 0 Å². The molecule has 0 aliphatic heterocycles. The molecule has 146 valence electrons. The Balaban J connectivity index is 1.68. The van der Waals surface area contributed by atoms with E-state index in [1.54, 1.807) is 11.6 Å². The first kappa shape index (κ1) is 18.5. The molecule has 1 N–H and O–H groups in total. The summed E-state index contributed by atoms with van der Waals surface area (Å²) in [5.41, 5.74) is 1.82. The van der Waals surface area contributed by atoms with Crippen molar-refractivity contribution in [3.63, 3.8) is 0 Å². The SMILES string of the molecule is CCOC(=O)[C@H]1[C@H]2CC[C@H](CC2)[C@@H]1Nc1nc(Cl)nn2cc(COC)cc12. The standard InChI is InChI=1S/C19H25ClN4O3/c1-3-27-18(25)15-12-4-6-13(7-5-12)16(15)21-17-14-8-11(10-26-2)9-24(14)23-19(20)22-17/h8-9,12-13,15-16H,3-7,10H2,1-2H3,(H,21,22,23)/t12-,13+,15-,16-/m0/s1. The molecule has 2 atom stereocenters. The Morgan fingerprint density at radius 3 is 2.78 bits per heavy atom. The van der Waals surface area contributed by atoms with Gasteiger partial charge in [0.15, 0.2) is 5.82 Å². The number of ether oxygens (including phenoxy) is 2. The van der Waals surface area contributed by atoms with E-state index in [1.165, 1.54) is 0 Å². The molecule has 0 radical (unpaired) electrons. The van der Waals surface area contributed by atoms with Gasteiger partial charge in [-0.1, -0.05) is 0 Å².